The van der Waals surface area contributed by atoms with Crippen LogP contribution in [0.25, 0.3) is 0 Å². The number of hydrogen-bond acceptors (Lipinski definition) is 1. The molecule has 0 fully saturated rings. The predicted octanol–water partition coefficient (Wildman–Crippen LogP) is 4.78. The summed E-state index contributed by atoms with van der Waals surface area (Å²) in [6.07, 6.45) is 7.85. The minimum atomic E-state index is 0.377. The smallest absolute Gasteiger partial charge is 0.0518 e. The first-order valence-corrected chi connectivity index (χ1v) is 7.41. The molecule has 0 unspecified atom stereocenters. The van der Waals surface area contributed by atoms with Crippen LogP contribution in [0, 0.1) is 0 Å². The minimum absolute atomic E-state index is 0.377. The van der Waals surface area contributed by atoms with Gasteiger partial charge in [-0.25, -0.2) is 0 Å². The summed E-state index contributed by atoms with van der Waals surface area (Å²) >= 11 is 0. The SMILES string of the molecule is CCc1cccc(CCCCCCOC(C)C)c1. The van der Waals surface area contributed by atoms with Crippen molar-refractivity contribution < 1.29 is 4.74 Å². The highest BCUT2D eigenvalue weighted by Gasteiger charge is 1.97. The molecule has 0 atom stereocenters. The first-order valence-electron chi connectivity index (χ1n) is 7.41. The van der Waals surface area contributed by atoms with Gasteiger partial charge in [0.25, 0.3) is 0 Å². The van der Waals surface area contributed by atoms with Crippen LogP contribution in [0.15, 0.2) is 24.3 Å². The molecular weight excluding hydrogens is 220 g/mol. The van der Waals surface area contributed by atoms with Gasteiger partial charge in [-0.3, -0.25) is 0 Å². The summed E-state index contributed by atoms with van der Waals surface area (Å²) < 4.78 is 5.54. The Balaban J connectivity index is 2.06. The van der Waals surface area contributed by atoms with Crippen LogP contribution in [0.3, 0.4) is 0 Å². The first-order chi connectivity index (χ1) is 8.72. The fourth-order valence-electron chi connectivity index (χ4n) is 2.11. The lowest BCUT2D eigenvalue weighted by Crippen LogP contribution is -2.03. The molecule has 0 radical (unpaired) electrons. The summed E-state index contributed by atoms with van der Waals surface area (Å²) in [5.41, 5.74) is 2.95. The van der Waals surface area contributed by atoms with Gasteiger partial charge in [-0.15, -0.1) is 0 Å². The maximum absolute atomic E-state index is 5.54. The Morgan fingerprint density at radius 3 is 2.44 bits per heavy atom. The van der Waals surface area contributed by atoms with Crippen LogP contribution in [-0.2, 0) is 17.6 Å². The molecule has 0 N–H and O–H groups in total. The molecule has 0 aliphatic carbocycles. The molecule has 102 valence electrons. The van der Waals surface area contributed by atoms with Gasteiger partial charge in [0.2, 0.25) is 0 Å². The number of rotatable bonds is 9. The van der Waals surface area contributed by atoms with E-state index in [0.29, 0.717) is 6.10 Å². The van der Waals surface area contributed by atoms with Gasteiger partial charge < -0.3 is 4.74 Å². The Morgan fingerprint density at radius 2 is 1.72 bits per heavy atom. The highest BCUT2D eigenvalue weighted by molar-refractivity contribution is 5.23. The van der Waals surface area contributed by atoms with Crippen molar-refractivity contribution in [1.82, 2.24) is 0 Å². The van der Waals surface area contributed by atoms with Gasteiger partial charge in [0, 0.05) is 6.61 Å². The van der Waals surface area contributed by atoms with Crippen molar-refractivity contribution in [2.45, 2.75) is 65.4 Å². The van der Waals surface area contributed by atoms with E-state index in [2.05, 4.69) is 45.0 Å². The normalized spacial score (nSPS) is 11.1. The van der Waals surface area contributed by atoms with Gasteiger partial charge in [-0.2, -0.15) is 0 Å². The van der Waals surface area contributed by atoms with Gasteiger partial charge in [0.15, 0.2) is 0 Å². The van der Waals surface area contributed by atoms with E-state index >= 15 is 0 Å². The molecule has 0 saturated heterocycles. The van der Waals surface area contributed by atoms with E-state index in [1.165, 1.54) is 43.2 Å². The molecule has 1 aromatic rings. The molecule has 0 aliphatic rings. The lowest BCUT2D eigenvalue weighted by Gasteiger charge is -2.07. The van der Waals surface area contributed by atoms with E-state index < -0.39 is 0 Å². The van der Waals surface area contributed by atoms with E-state index in [1.807, 2.05) is 0 Å². The zero-order chi connectivity index (χ0) is 13.2. The van der Waals surface area contributed by atoms with Crippen LogP contribution in [0.1, 0.15) is 57.6 Å². The minimum Gasteiger partial charge on any atom is -0.379 e. The quantitative estimate of drug-likeness (QED) is 0.572. The van der Waals surface area contributed by atoms with Crippen molar-refractivity contribution in [3.8, 4) is 0 Å². The molecule has 0 spiro atoms. The summed E-state index contributed by atoms with van der Waals surface area (Å²) in [4.78, 5) is 0. The molecule has 1 heteroatoms. The number of ether oxygens (including phenoxy) is 1. The van der Waals surface area contributed by atoms with E-state index in [4.69, 9.17) is 4.74 Å². The Kier molecular flexibility index (Phi) is 7.75. The fourth-order valence-corrected chi connectivity index (χ4v) is 2.11. The summed E-state index contributed by atoms with van der Waals surface area (Å²) in [5, 5.41) is 0. The lowest BCUT2D eigenvalue weighted by molar-refractivity contribution is 0.0757. The van der Waals surface area contributed by atoms with Gasteiger partial charge in [-0.05, 0) is 50.7 Å². The van der Waals surface area contributed by atoms with Crippen LogP contribution in [-0.4, -0.2) is 12.7 Å². The third-order valence-electron chi connectivity index (χ3n) is 3.21. The Bertz CT molecular complexity index is 317. The molecular formula is C17H28O. The highest BCUT2D eigenvalue weighted by atomic mass is 16.5. The molecule has 18 heavy (non-hydrogen) atoms. The zero-order valence-corrected chi connectivity index (χ0v) is 12.2. The molecule has 0 heterocycles. The van der Waals surface area contributed by atoms with Crippen molar-refractivity contribution in [1.29, 1.82) is 0 Å². The Labute approximate surface area is 113 Å². The number of hydrogen-bond donors (Lipinski definition) is 0. The van der Waals surface area contributed by atoms with Crippen LogP contribution >= 0.6 is 0 Å². The van der Waals surface area contributed by atoms with E-state index in [1.54, 1.807) is 0 Å². The molecule has 1 nitrogen and oxygen atoms in total. The average Bonchev–Trinajstić information content (AvgIpc) is 2.37. The molecule has 0 bridgehead atoms. The molecule has 1 rings (SSSR count). The third-order valence-corrected chi connectivity index (χ3v) is 3.21. The standard InChI is InChI=1S/C17H28O/c1-4-16-11-9-12-17(14-16)10-7-5-6-8-13-18-15(2)3/h9,11-12,14-15H,4-8,10,13H2,1-3H3. The monoisotopic (exact) mass is 248 g/mol. The molecule has 0 aliphatic heterocycles. The summed E-state index contributed by atoms with van der Waals surface area (Å²) in [6.45, 7) is 7.33. The lowest BCUT2D eigenvalue weighted by atomic mass is 10.0. The number of unbranched alkanes of at least 4 members (excludes halogenated alkanes) is 3. The topological polar surface area (TPSA) is 9.23 Å². The van der Waals surface area contributed by atoms with Crippen molar-refractivity contribution in [3.05, 3.63) is 35.4 Å². The van der Waals surface area contributed by atoms with Crippen molar-refractivity contribution in [2.24, 2.45) is 0 Å². The highest BCUT2D eigenvalue weighted by Crippen LogP contribution is 2.11. The van der Waals surface area contributed by atoms with E-state index in [9.17, 15) is 0 Å². The average molecular weight is 248 g/mol. The Hall–Kier alpha value is -0.820. The zero-order valence-electron chi connectivity index (χ0n) is 12.2. The third kappa shape index (κ3) is 6.80. The predicted molar refractivity (Wildman–Crippen MR) is 79.1 cm³/mol. The maximum atomic E-state index is 5.54. The van der Waals surface area contributed by atoms with Crippen LogP contribution < -0.4 is 0 Å². The van der Waals surface area contributed by atoms with Crippen LogP contribution in [0.5, 0.6) is 0 Å². The largest absolute Gasteiger partial charge is 0.379 e. The first kappa shape index (κ1) is 15.2. The number of benzene rings is 1. The second-order valence-electron chi connectivity index (χ2n) is 5.26. The van der Waals surface area contributed by atoms with Crippen LogP contribution in [0.2, 0.25) is 0 Å². The van der Waals surface area contributed by atoms with Gasteiger partial charge in [0.1, 0.15) is 0 Å². The van der Waals surface area contributed by atoms with Gasteiger partial charge in [0.05, 0.1) is 6.10 Å². The van der Waals surface area contributed by atoms with Crippen molar-refractivity contribution in [2.75, 3.05) is 6.61 Å². The molecule has 0 aromatic heterocycles. The maximum Gasteiger partial charge on any atom is 0.0518 e. The summed E-state index contributed by atoms with van der Waals surface area (Å²) in [5.74, 6) is 0. The van der Waals surface area contributed by atoms with Gasteiger partial charge in [-0.1, -0.05) is 44.0 Å². The van der Waals surface area contributed by atoms with Gasteiger partial charge >= 0.3 is 0 Å². The van der Waals surface area contributed by atoms with Crippen LogP contribution in [0.4, 0.5) is 0 Å². The van der Waals surface area contributed by atoms with Crippen molar-refractivity contribution in [3.63, 3.8) is 0 Å². The molecule has 1 aromatic carbocycles. The summed E-state index contributed by atoms with van der Waals surface area (Å²) in [7, 11) is 0. The van der Waals surface area contributed by atoms with E-state index in [-0.39, 0.29) is 0 Å². The molecule has 0 amide bonds. The molecule has 0 saturated carbocycles. The second-order valence-corrected chi connectivity index (χ2v) is 5.26. The fraction of sp³-hybridized carbons (Fsp3) is 0.647. The Morgan fingerprint density at radius 1 is 1.00 bits per heavy atom. The van der Waals surface area contributed by atoms with Crippen molar-refractivity contribution >= 4 is 0 Å². The summed E-state index contributed by atoms with van der Waals surface area (Å²) in [6, 6.07) is 9.00. The number of aryl methyl sites for hydroxylation is 2. The van der Waals surface area contributed by atoms with E-state index in [0.717, 1.165) is 13.0 Å². The second kappa shape index (κ2) is 9.16.